The largest absolute Gasteiger partial charge is 0.350 e. The van der Waals surface area contributed by atoms with Crippen molar-refractivity contribution in [3.63, 3.8) is 0 Å². The Labute approximate surface area is 113 Å². The van der Waals surface area contributed by atoms with E-state index in [0.717, 1.165) is 25.1 Å². The molecule has 0 aliphatic carbocycles. The maximum Gasteiger partial charge on any atom is 0.220 e. The van der Waals surface area contributed by atoms with Crippen LogP contribution in [-0.2, 0) is 4.79 Å². The van der Waals surface area contributed by atoms with E-state index in [-0.39, 0.29) is 11.9 Å². The van der Waals surface area contributed by atoms with E-state index in [1.54, 1.807) is 0 Å². The first-order chi connectivity index (χ1) is 8.66. The number of halogens is 1. The Morgan fingerprint density at radius 3 is 3.00 bits per heavy atom. The molecule has 98 valence electrons. The normalized spacial score (nSPS) is 20.7. The lowest BCUT2D eigenvalue weighted by Gasteiger charge is -2.17. The molecule has 1 unspecified atom stereocenters. The van der Waals surface area contributed by atoms with Crippen molar-refractivity contribution in [1.29, 1.82) is 0 Å². The Morgan fingerprint density at radius 2 is 2.33 bits per heavy atom. The van der Waals surface area contributed by atoms with Crippen molar-refractivity contribution >= 4 is 17.5 Å². The summed E-state index contributed by atoms with van der Waals surface area (Å²) in [6.45, 7) is 3.94. The van der Waals surface area contributed by atoms with E-state index in [4.69, 9.17) is 11.6 Å². The molecule has 3 nitrogen and oxygen atoms in total. The van der Waals surface area contributed by atoms with Gasteiger partial charge in [0.2, 0.25) is 5.91 Å². The lowest BCUT2D eigenvalue weighted by Crippen LogP contribution is -2.29. The standard InChI is InChI=1S/C14H19ClN2O/c1-10(12-4-2-3-5-13(12)15)17-14(18)8-11-6-7-16-9-11/h2-5,10-11,16H,6-9H2,1H3,(H,17,18)/t10-,11?/m1/s1. The number of benzene rings is 1. The molecular weight excluding hydrogens is 248 g/mol. The summed E-state index contributed by atoms with van der Waals surface area (Å²) in [5.74, 6) is 0.583. The van der Waals surface area contributed by atoms with E-state index in [2.05, 4.69) is 10.6 Å². The SMILES string of the molecule is C[C@@H](NC(=O)CC1CCNC1)c1ccccc1Cl. The molecule has 1 fully saturated rings. The molecule has 0 aromatic heterocycles. The molecule has 0 saturated carbocycles. The number of amides is 1. The van der Waals surface area contributed by atoms with E-state index in [1.165, 1.54) is 0 Å². The summed E-state index contributed by atoms with van der Waals surface area (Å²) in [7, 11) is 0. The molecule has 1 amide bonds. The van der Waals surface area contributed by atoms with Gasteiger partial charge in [-0.05, 0) is 44.0 Å². The second-order valence-corrected chi connectivity index (χ2v) is 5.28. The van der Waals surface area contributed by atoms with E-state index < -0.39 is 0 Å². The Morgan fingerprint density at radius 1 is 1.56 bits per heavy atom. The molecule has 2 atom stereocenters. The zero-order valence-electron chi connectivity index (χ0n) is 10.6. The van der Waals surface area contributed by atoms with Gasteiger partial charge in [0, 0.05) is 11.4 Å². The van der Waals surface area contributed by atoms with E-state index in [9.17, 15) is 4.79 Å². The van der Waals surface area contributed by atoms with Gasteiger partial charge in [0.1, 0.15) is 0 Å². The maximum atomic E-state index is 11.9. The number of nitrogens with one attached hydrogen (secondary N) is 2. The third-order valence-electron chi connectivity index (χ3n) is 3.39. The molecule has 0 bridgehead atoms. The number of hydrogen-bond donors (Lipinski definition) is 2. The molecule has 1 aromatic carbocycles. The molecule has 0 radical (unpaired) electrons. The minimum atomic E-state index is -0.0411. The number of rotatable bonds is 4. The summed E-state index contributed by atoms with van der Waals surface area (Å²) in [6.07, 6.45) is 1.69. The summed E-state index contributed by atoms with van der Waals surface area (Å²) < 4.78 is 0. The first-order valence-corrected chi connectivity index (χ1v) is 6.79. The smallest absolute Gasteiger partial charge is 0.220 e. The molecule has 2 N–H and O–H groups in total. The fraction of sp³-hybridized carbons (Fsp3) is 0.500. The zero-order valence-corrected chi connectivity index (χ0v) is 11.3. The second-order valence-electron chi connectivity index (χ2n) is 4.87. The van der Waals surface area contributed by atoms with Crippen molar-refractivity contribution in [3.8, 4) is 0 Å². The average molecular weight is 267 g/mol. The molecule has 2 rings (SSSR count). The predicted octanol–water partition coefficient (Wildman–Crippen LogP) is 2.52. The molecule has 0 spiro atoms. The highest BCUT2D eigenvalue weighted by atomic mass is 35.5. The van der Waals surface area contributed by atoms with Crippen LogP contribution in [0.5, 0.6) is 0 Å². The van der Waals surface area contributed by atoms with Gasteiger partial charge in [-0.1, -0.05) is 29.8 Å². The Hall–Kier alpha value is -1.06. The van der Waals surface area contributed by atoms with Crippen LogP contribution in [0.3, 0.4) is 0 Å². The van der Waals surface area contributed by atoms with Gasteiger partial charge < -0.3 is 10.6 Å². The highest BCUT2D eigenvalue weighted by molar-refractivity contribution is 6.31. The average Bonchev–Trinajstić information content (AvgIpc) is 2.82. The van der Waals surface area contributed by atoms with Crippen molar-refractivity contribution in [2.24, 2.45) is 5.92 Å². The van der Waals surface area contributed by atoms with Crippen molar-refractivity contribution in [2.75, 3.05) is 13.1 Å². The first kappa shape index (κ1) is 13.4. The van der Waals surface area contributed by atoms with Crippen molar-refractivity contribution in [2.45, 2.75) is 25.8 Å². The van der Waals surface area contributed by atoms with Crippen LogP contribution in [0.4, 0.5) is 0 Å². The lowest BCUT2D eigenvalue weighted by molar-refractivity contribution is -0.122. The van der Waals surface area contributed by atoms with Gasteiger partial charge in [0.05, 0.1) is 6.04 Å². The van der Waals surface area contributed by atoms with Gasteiger partial charge in [-0.2, -0.15) is 0 Å². The van der Waals surface area contributed by atoms with Gasteiger partial charge in [-0.15, -0.1) is 0 Å². The fourth-order valence-corrected chi connectivity index (χ4v) is 2.65. The van der Waals surface area contributed by atoms with Crippen LogP contribution in [-0.4, -0.2) is 19.0 Å². The summed E-state index contributed by atoms with van der Waals surface area (Å²) in [5.41, 5.74) is 0.970. The highest BCUT2D eigenvalue weighted by Crippen LogP contribution is 2.22. The highest BCUT2D eigenvalue weighted by Gasteiger charge is 2.19. The minimum absolute atomic E-state index is 0.0411. The monoisotopic (exact) mass is 266 g/mol. The van der Waals surface area contributed by atoms with Gasteiger partial charge in [-0.25, -0.2) is 0 Å². The number of carbonyl (C=O) groups excluding carboxylic acids is 1. The van der Waals surface area contributed by atoms with Crippen molar-refractivity contribution in [3.05, 3.63) is 34.9 Å². The third kappa shape index (κ3) is 3.47. The predicted molar refractivity (Wildman–Crippen MR) is 73.6 cm³/mol. The molecule has 18 heavy (non-hydrogen) atoms. The number of carbonyl (C=O) groups is 1. The minimum Gasteiger partial charge on any atom is -0.350 e. The summed E-state index contributed by atoms with van der Waals surface area (Å²) in [6, 6.07) is 7.58. The fourth-order valence-electron chi connectivity index (χ4n) is 2.36. The quantitative estimate of drug-likeness (QED) is 0.879. The molecule has 1 aromatic rings. The van der Waals surface area contributed by atoms with Gasteiger partial charge in [0.25, 0.3) is 0 Å². The molecule has 1 aliphatic heterocycles. The van der Waals surface area contributed by atoms with Gasteiger partial charge >= 0.3 is 0 Å². The maximum absolute atomic E-state index is 11.9. The van der Waals surface area contributed by atoms with Crippen LogP contribution < -0.4 is 10.6 Å². The Bertz CT molecular complexity index is 416. The van der Waals surface area contributed by atoms with Crippen LogP contribution in [0, 0.1) is 5.92 Å². The molecule has 1 saturated heterocycles. The second kappa shape index (κ2) is 6.21. The van der Waals surface area contributed by atoms with Crippen LogP contribution >= 0.6 is 11.6 Å². The van der Waals surface area contributed by atoms with E-state index in [1.807, 2.05) is 31.2 Å². The summed E-state index contributed by atoms with van der Waals surface area (Å²) >= 11 is 6.11. The zero-order chi connectivity index (χ0) is 13.0. The molecular formula is C14H19ClN2O. The molecule has 1 heterocycles. The van der Waals surface area contributed by atoms with Gasteiger partial charge in [0.15, 0.2) is 0 Å². The van der Waals surface area contributed by atoms with Crippen LogP contribution in [0.2, 0.25) is 5.02 Å². The number of hydrogen-bond acceptors (Lipinski definition) is 2. The Balaban J connectivity index is 1.88. The van der Waals surface area contributed by atoms with E-state index >= 15 is 0 Å². The van der Waals surface area contributed by atoms with Crippen LogP contribution in [0.25, 0.3) is 0 Å². The van der Waals surface area contributed by atoms with Crippen molar-refractivity contribution < 1.29 is 4.79 Å². The Kier molecular flexibility index (Phi) is 4.61. The van der Waals surface area contributed by atoms with E-state index in [0.29, 0.717) is 17.4 Å². The van der Waals surface area contributed by atoms with Gasteiger partial charge in [-0.3, -0.25) is 4.79 Å². The third-order valence-corrected chi connectivity index (χ3v) is 3.73. The first-order valence-electron chi connectivity index (χ1n) is 6.41. The van der Waals surface area contributed by atoms with Crippen LogP contribution in [0.15, 0.2) is 24.3 Å². The summed E-state index contributed by atoms with van der Waals surface area (Å²) in [4.78, 5) is 11.9. The summed E-state index contributed by atoms with van der Waals surface area (Å²) in [5, 5.41) is 6.99. The lowest BCUT2D eigenvalue weighted by atomic mass is 10.0. The molecule has 4 heteroatoms. The topological polar surface area (TPSA) is 41.1 Å². The van der Waals surface area contributed by atoms with Crippen LogP contribution in [0.1, 0.15) is 31.4 Å². The van der Waals surface area contributed by atoms with Crippen molar-refractivity contribution in [1.82, 2.24) is 10.6 Å². The molecule has 1 aliphatic rings.